The van der Waals surface area contributed by atoms with E-state index in [0.717, 1.165) is 18.1 Å². The van der Waals surface area contributed by atoms with Crippen LogP contribution in [-0.2, 0) is 13.1 Å². The molecule has 2 N–H and O–H groups in total. The van der Waals surface area contributed by atoms with Crippen LogP contribution >= 0.6 is 0 Å². The Morgan fingerprint density at radius 1 is 1.29 bits per heavy atom. The first-order valence-corrected chi connectivity index (χ1v) is 5.85. The first kappa shape index (κ1) is 11.8. The smallest absolute Gasteiger partial charge is 0.111 e. The molecule has 0 saturated carbocycles. The third-order valence-electron chi connectivity index (χ3n) is 2.71. The number of hydrogen-bond donors (Lipinski definition) is 1. The van der Waals surface area contributed by atoms with E-state index in [1.165, 1.54) is 5.56 Å². The second kappa shape index (κ2) is 5.10. The van der Waals surface area contributed by atoms with Gasteiger partial charge >= 0.3 is 0 Å². The molecule has 0 saturated heterocycles. The maximum absolute atomic E-state index is 5.59. The number of nitrogens with two attached hydrogens (primary N) is 1. The van der Waals surface area contributed by atoms with Crippen LogP contribution in [0, 0.1) is 0 Å². The zero-order chi connectivity index (χ0) is 12.3. The fourth-order valence-electron chi connectivity index (χ4n) is 1.89. The molecule has 0 spiro atoms. The second-order valence-electron chi connectivity index (χ2n) is 4.43. The number of pyridine rings is 1. The van der Waals surface area contributed by atoms with Gasteiger partial charge in [0.05, 0.1) is 5.69 Å². The van der Waals surface area contributed by atoms with Crippen molar-refractivity contribution in [1.82, 2.24) is 14.5 Å². The largest absolute Gasteiger partial charge is 0.330 e. The van der Waals surface area contributed by atoms with Crippen molar-refractivity contribution in [3.05, 3.63) is 47.8 Å². The van der Waals surface area contributed by atoms with Crippen LogP contribution in [0.1, 0.15) is 36.8 Å². The van der Waals surface area contributed by atoms with Crippen molar-refractivity contribution in [2.75, 3.05) is 0 Å². The lowest BCUT2D eigenvalue weighted by Crippen LogP contribution is -2.07. The minimum atomic E-state index is 0.431. The van der Waals surface area contributed by atoms with Crippen LogP contribution in [0.5, 0.6) is 0 Å². The molecule has 17 heavy (non-hydrogen) atoms. The van der Waals surface area contributed by atoms with Gasteiger partial charge in [0.15, 0.2) is 0 Å². The van der Waals surface area contributed by atoms with E-state index in [1.807, 2.05) is 30.7 Å². The highest BCUT2D eigenvalue weighted by atomic mass is 15.1. The standard InChI is InChI=1S/C13H18N4/c1-10(2)13-16-5-6-17(13)9-11-3-4-15-12(7-11)8-14/h3-7,10H,8-9,14H2,1-2H3. The summed E-state index contributed by atoms with van der Waals surface area (Å²) >= 11 is 0. The summed E-state index contributed by atoms with van der Waals surface area (Å²) in [5.74, 6) is 1.54. The van der Waals surface area contributed by atoms with Crippen LogP contribution in [0.15, 0.2) is 30.7 Å². The van der Waals surface area contributed by atoms with Crippen LogP contribution in [0.2, 0.25) is 0 Å². The van der Waals surface area contributed by atoms with Crippen LogP contribution in [0.3, 0.4) is 0 Å². The van der Waals surface area contributed by atoms with Gasteiger partial charge in [-0.3, -0.25) is 4.98 Å². The quantitative estimate of drug-likeness (QED) is 0.872. The Morgan fingerprint density at radius 3 is 2.82 bits per heavy atom. The summed E-state index contributed by atoms with van der Waals surface area (Å²) in [4.78, 5) is 8.57. The molecule has 2 aromatic heterocycles. The van der Waals surface area contributed by atoms with Crippen molar-refractivity contribution >= 4 is 0 Å². The van der Waals surface area contributed by atoms with E-state index in [-0.39, 0.29) is 0 Å². The van der Waals surface area contributed by atoms with Gasteiger partial charge in [-0.15, -0.1) is 0 Å². The molecule has 2 heterocycles. The number of imidazole rings is 1. The topological polar surface area (TPSA) is 56.7 Å². The zero-order valence-electron chi connectivity index (χ0n) is 10.3. The van der Waals surface area contributed by atoms with Crippen molar-refractivity contribution in [3.8, 4) is 0 Å². The van der Waals surface area contributed by atoms with E-state index >= 15 is 0 Å². The van der Waals surface area contributed by atoms with Crippen molar-refractivity contribution < 1.29 is 0 Å². The lowest BCUT2D eigenvalue weighted by Gasteiger charge is -2.10. The SMILES string of the molecule is CC(C)c1nccn1Cc1ccnc(CN)c1. The van der Waals surface area contributed by atoms with Gasteiger partial charge in [-0.05, 0) is 17.7 Å². The average molecular weight is 230 g/mol. The summed E-state index contributed by atoms with van der Waals surface area (Å²) in [5, 5.41) is 0. The lowest BCUT2D eigenvalue weighted by molar-refractivity contribution is 0.668. The number of rotatable bonds is 4. The molecule has 0 aliphatic carbocycles. The van der Waals surface area contributed by atoms with Crippen molar-refractivity contribution in [1.29, 1.82) is 0 Å². The molecule has 4 nitrogen and oxygen atoms in total. The van der Waals surface area contributed by atoms with Gasteiger partial charge in [-0.2, -0.15) is 0 Å². The van der Waals surface area contributed by atoms with Gasteiger partial charge in [0.25, 0.3) is 0 Å². The molecule has 0 fully saturated rings. The molecule has 0 atom stereocenters. The first-order chi connectivity index (χ1) is 8.20. The number of hydrogen-bond acceptors (Lipinski definition) is 3. The highest BCUT2D eigenvalue weighted by molar-refractivity contribution is 5.17. The zero-order valence-corrected chi connectivity index (χ0v) is 10.3. The molecular weight excluding hydrogens is 212 g/mol. The third-order valence-corrected chi connectivity index (χ3v) is 2.71. The Balaban J connectivity index is 2.22. The molecule has 0 aliphatic rings. The molecule has 0 amide bonds. The van der Waals surface area contributed by atoms with Crippen LogP contribution in [0.25, 0.3) is 0 Å². The van der Waals surface area contributed by atoms with Gasteiger partial charge in [0.1, 0.15) is 5.82 Å². The average Bonchev–Trinajstić information content (AvgIpc) is 2.77. The van der Waals surface area contributed by atoms with Gasteiger partial charge in [-0.1, -0.05) is 13.8 Å². The summed E-state index contributed by atoms with van der Waals surface area (Å²) in [6.45, 7) is 5.60. The van der Waals surface area contributed by atoms with Crippen molar-refractivity contribution in [2.45, 2.75) is 32.9 Å². The molecule has 2 aromatic rings. The molecule has 4 heteroatoms. The molecule has 0 radical (unpaired) electrons. The second-order valence-corrected chi connectivity index (χ2v) is 4.43. The Hall–Kier alpha value is -1.68. The van der Waals surface area contributed by atoms with Gasteiger partial charge in [0.2, 0.25) is 0 Å². The minimum Gasteiger partial charge on any atom is -0.330 e. The fourth-order valence-corrected chi connectivity index (χ4v) is 1.89. The van der Waals surface area contributed by atoms with Crippen LogP contribution < -0.4 is 5.73 Å². The number of aromatic nitrogens is 3. The Kier molecular flexibility index (Phi) is 3.54. The van der Waals surface area contributed by atoms with Gasteiger partial charge < -0.3 is 10.3 Å². The van der Waals surface area contributed by atoms with E-state index in [0.29, 0.717) is 12.5 Å². The fraction of sp³-hybridized carbons (Fsp3) is 0.385. The predicted molar refractivity (Wildman–Crippen MR) is 67.5 cm³/mol. The summed E-state index contributed by atoms with van der Waals surface area (Å²) < 4.78 is 2.17. The predicted octanol–water partition coefficient (Wildman–Crippen LogP) is 1.91. The Morgan fingerprint density at radius 2 is 2.12 bits per heavy atom. The molecule has 0 aliphatic heterocycles. The normalized spacial score (nSPS) is 11.1. The summed E-state index contributed by atoms with van der Waals surface area (Å²) in [6, 6.07) is 4.06. The van der Waals surface area contributed by atoms with E-state index in [2.05, 4.69) is 28.4 Å². The Labute approximate surface area is 102 Å². The summed E-state index contributed by atoms with van der Waals surface area (Å²) in [6.07, 6.45) is 5.67. The molecule has 90 valence electrons. The maximum atomic E-state index is 5.59. The van der Waals surface area contributed by atoms with E-state index in [4.69, 9.17) is 5.73 Å². The Bertz CT molecular complexity index is 488. The van der Waals surface area contributed by atoms with Gasteiger partial charge in [-0.25, -0.2) is 4.98 Å². The summed E-state index contributed by atoms with van der Waals surface area (Å²) in [7, 11) is 0. The molecule has 0 bridgehead atoms. The molecule has 0 unspecified atom stereocenters. The van der Waals surface area contributed by atoms with Crippen molar-refractivity contribution in [2.24, 2.45) is 5.73 Å². The molecule has 0 aromatic carbocycles. The highest BCUT2D eigenvalue weighted by Crippen LogP contribution is 2.14. The van der Waals surface area contributed by atoms with E-state index in [9.17, 15) is 0 Å². The third kappa shape index (κ3) is 2.71. The van der Waals surface area contributed by atoms with E-state index < -0.39 is 0 Å². The molecular formula is C13H18N4. The number of nitrogens with zero attached hydrogens (tertiary/aromatic N) is 3. The van der Waals surface area contributed by atoms with E-state index in [1.54, 1.807) is 0 Å². The highest BCUT2D eigenvalue weighted by Gasteiger charge is 2.07. The summed E-state index contributed by atoms with van der Waals surface area (Å²) in [5.41, 5.74) is 7.72. The van der Waals surface area contributed by atoms with Crippen molar-refractivity contribution in [3.63, 3.8) is 0 Å². The lowest BCUT2D eigenvalue weighted by atomic mass is 10.2. The monoisotopic (exact) mass is 230 g/mol. The molecule has 2 rings (SSSR count). The maximum Gasteiger partial charge on any atom is 0.111 e. The first-order valence-electron chi connectivity index (χ1n) is 5.85. The van der Waals surface area contributed by atoms with Crippen LogP contribution in [0.4, 0.5) is 0 Å². The minimum absolute atomic E-state index is 0.431. The van der Waals surface area contributed by atoms with Crippen LogP contribution in [-0.4, -0.2) is 14.5 Å². The van der Waals surface area contributed by atoms with Gasteiger partial charge in [0, 0.05) is 37.6 Å².